The molecule has 1 saturated heterocycles. The highest BCUT2D eigenvalue weighted by molar-refractivity contribution is 7.99. The van der Waals surface area contributed by atoms with E-state index in [9.17, 15) is 0 Å². The molecule has 88 valence electrons. The molecule has 1 heterocycles. The molecule has 1 aliphatic heterocycles. The molecule has 0 amide bonds. The topological polar surface area (TPSA) is 12.0 Å². The number of benzene rings is 1. The first-order chi connectivity index (χ1) is 7.81. The highest BCUT2D eigenvalue weighted by Crippen LogP contribution is 2.26. The molecule has 16 heavy (non-hydrogen) atoms. The molecule has 1 aliphatic rings. The fraction of sp³-hybridized carbons (Fsp3) is 0.571. The van der Waals surface area contributed by atoms with Crippen LogP contribution in [0.5, 0.6) is 0 Å². The summed E-state index contributed by atoms with van der Waals surface area (Å²) in [7, 11) is 0. The van der Waals surface area contributed by atoms with Crippen LogP contribution < -0.4 is 5.32 Å². The zero-order valence-corrected chi connectivity index (χ0v) is 11.1. The maximum atomic E-state index is 3.66. The third kappa shape index (κ3) is 2.73. The Morgan fingerprint density at radius 1 is 1.44 bits per heavy atom. The fourth-order valence-electron chi connectivity index (χ4n) is 2.27. The number of aryl methyl sites for hydroxylation is 2. The van der Waals surface area contributed by atoms with Gasteiger partial charge in [0, 0.05) is 12.2 Å². The third-order valence-electron chi connectivity index (χ3n) is 3.33. The molecular formula is C14H21NS. The number of nitrogens with one attached hydrogen (secondary N) is 1. The van der Waals surface area contributed by atoms with Crippen LogP contribution in [0, 0.1) is 12.8 Å². The summed E-state index contributed by atoms with van der Waals surface area (Å²) in [6, 6.07) is 6.59. The second-order valence-corrected chi connectivity index (χ2v) is 5.72. The average Bonchev–Trinajstić information content (AvgIpc) is 2.80. The van der Waals surface area contributed by atoms with Crippen molar-refractivity contribution in [2.24, 2.45) is 5.92 Å². The van der Waals surface area contributed by atoms with Crippen LogP contribution in [0.15, 0.2) is 18.2 Å². The maximum absolute atomic E-state index is 3.66. The molecule has 1 aromatic rings. The SMILES string of the molecule is CCc1cccc(C)c1NCC1CCSC1. The number of hydrogen-bond acceptors (Lipinski definition) is 2. The number of hydrogen-bond donors (Lipinski definition) is 1. The molecule has 1 nitrogen and oxygen atoms in total. The van der Waals surface area contributed by atoms with Gasteiger partial charge in [-0.15, -0.1) is 0 Å². The van der Waals surface area contributed by atoms with Gasteiger partial charge in [-0.25, -0.2) is 0 Å². The molecule has 1 N–H and O–H groups in total. The Morgan fingerprint density at radius 2 is 2.31 bits per heavy atom. The Morgan fingerprint density at radius 3 is 3.00 bits per heavy atom. The minimum Gasteiger partial charge on any atom is -0.384 e. The van der Waals surface area contributed by atoms with Crippen LogP contribution >= 0.6 is 11.8 Å². The number of thioether (sulfide) groups is 1. The van der Waals surface area contributed by atoms with E-state index >= 15 is 0 Å². The fourth-order valence-corrected chi connectivity index (χ4v) is 3.55. The molecule has 0 radical (unpaired) electrons. The lowest BCUT2D eigenvalue weighted by Gasteiger charge is -2.16. The largest absolute Gasteiger partial charge is 0.384 e. The van der Waals surface area contributed by atoms with E-state index < -0.39 is 0 Å². The zero-order chi connectivity index (χ0) is 11.4. The van der Waals surface area contributed by atoms with Crippen molar-refractivity contribution < 1.29 is 0 Å². The van der Waals surface area contributed by atoms with Gasteiger partial charge < -0.3 is 5.32 Å². The molecule has 1 unspecified atom stereocenters. The average molecular weight is 235 g/mol. The van der Waals surface area contributed by atoms with Crippen molar-refractivity contribution in [1.82, 2.24) is 0 Å². The number of para-hydroxylation sites is 1. The molecule has 0 aromatic heterocycles. The van der Waals surface area contributed by atoms with E-state index in [1.54, 1.807) is 0 Å². The van der Waals surface area contributed by atoms with Crippen LogP contribution in [0.1, 0.15) is 24.5 Å². The Balaban J connectivity index is 2.01. The van der Waals surface area contributed by atoms with Gasteiger partial charge in [0.05, 0.1) is 0 Å². The minimum absolute atomic E-state index is 0.870. The van der Waals surface area contributed by atoms with Gasteiger partial charge in [-0.2, -0.15) is 11.8 Å². The highest BCUT2D eigenvalue weighted by atomic mass is 32.2. The van der Waals surface area contributed by atoms with Gasteiger partial charge in [0.2, 0.25) is 0 Å². The standard InChI is InChI=1S/C14H21NS/c1-3-13-6-4-5-11(2)14(13)15-9-12-7-8-16-10-12/h4-6,12,15H,3,7-10H2,1-2H3. The van der Waals surface area contributed by atoms with Gasteiger partial charge in [0.25, 0.3) is 0 Å². The summed E-state index contributed by atoms with van der Waals surface area (Å²) >= 11 is 2.09. The Hall–Kier alpha value is -0.630. The summed E-state index contributed by atoms with van der Waals surface area (Å²) in [5, 5.41) is 3.66. The monoisotopic (exact) mass is 235 g/mol. The number of anilines is 1. The van der Waals surface area contributed by atoms with Crippen LogP contribution in [-0.4, -0.2) is 18.1 Å². The first-order valence-corrected chi connectivity index (χ1v) is 7.37. The number of rotatable bonds is 4. The van der Waals surface area contributed by atoms with Gasteiger partial charge in [0.15, 0.2) is 0 Å². The first-order valence-electron chi connectivity index (χ1n) is 6.21. The lowest BCUT2D eigenvalue weighted by Crippen LogP contribution is -2.15. The lowest BCUT2D eigenvalue weighted by atomic mass is 10.0. The summed E-state index contributed by atoms with van der Waals surface area (Å²) in [5.41, 5.74) is 4.21. The van der Waals surface area contributed by atoms with E-state index in [1.807, 2.05) is 0 Å². The maximum Gasteiger partial charge on any atom is 0.0402 e. The second kappa shape index (κ2) is 5.62. The van der Waals surface area contributed by atoms with Gasteiger partial charge >= 0.3 is 0 Å². The van der Waals surface area contributed by atoms with Crippen molar-refractivity contribution in [2.75, 3.05) is 23.4 Å². The minimum atomic E-state index is 0.870. The van der Waals surface area contributed by atoms with Crippen LogP contribution in [-0.2, 0) is 6.42 Å². The van der Waals surface area contributed by atoms with Crippen molar-refractivity contribution in [1.29, 1.82) is 0 Å². The molecule has 2 heteroatoms. The van der Waals surface area contributed by atoms with Crippen LogP contribution in [0.2, 0.25) is 0 Å². The van der Waals surface area contributed by atoms with Crippen molar-refractivity contribution in [3.05, 3.63) is 29.3 Å². The predicted molar refractivity (Wildman–Crippen MR) is 74.5 cm³/mol. The normalized spacial score (nSPS) is 20.0. The summed E-state index contributed by atoms with van der Waals surface area (Å²) in [4.78, 5) is 0. The zero-order valence-electron chi connectivity index (χ0n) is 10.3. The van der Waals surface area contributed by atoms with Gasteiger partial charge in [-0.05, 0) is 48.3 Å². The summed E-state index contributed by atoms with van der Waals surface area (Å²) in [6.07, 6.45) is 2.49. The molecule has 1 aromatic carbocycles. The molecule has 0 spiro atoms. The van der Waals surface area contributed by atoms with Gasteiger partial charge in [0.1, 0.15) is 0 Å². The van der Waals surface area contributed by atoms with Crippen LogP contribution in [0.25, 0.3) is 0 Å². The first kappa shape index (κ1) is 11.8. The van der Waals surface area contributed by atoms with E-state index in [0.29, 0.717) is 0 Å². The Bertz CT molecular complexity index is 343. The van der Waals surface area contributed by atoms with Crippen molar-refractivity contribution in [3.8, 4) is 0 Å². The van der Waals surface area contributed by atoms with Crippen molar-refractivity contribution in [3.63, 3.8) is 0 Å². The lowest BCUT2D eigenvalue weighted by molar-refractivity contribution is 0.631. The molecular weight excluding hydrogens is 214 g/mol. The quantitative estimate of drug-likeness (QED) is 0.853. The summed E-state index contributed by atoms with van der Waals surface area (Å²) < 4.78 is 0. The van der Waals surface area contributed by atoms with E-state index in [-0.39, 0.29) is 0 Å². The van der Waals surface area contributed by atoms with E-state index in [0.717, 1.165) is 18.9 Å². The smallest absolute Gasteiger partial charge is 0.0402 e. The molecule has 2 rings (SSSR count). The summed E-state index contributed by atoms with van der Waals surface area (Å²) in [5.74, 6) is 3.55. The Kier molecular flexibility index (Phi) is 4.16. The highest BCUT2D eigenvalue weighted by Gasteiger charge is 2.15. The molecule has 1 atom stereocenters. The van der Waals surface area contributed by atoms with E-state index in [1.165, 1.54) is 34.7 Å². The van der Waals surface area contributed by atoms with Crippen LogP contribution in [0.3, 0.4) is 0 Å². The Labute approximate surface area is 103 Å². The molecule has 0 saturated carbocycles. The summed E-state index contributed by atoms with van der Waals surface area (Å²) in [6.45, 7) is 5.57. The second-order valence-electron chi connectivity index (χ2n) is 4.57. The van der Waals surface area contributed by atoms with Gasteiger partial charge in [-0.1, -0.05) is 25.1 Å². The van der Waals surface area contributed by atoms with Crippen molar-refractivity contribution in [2.45, 2.75) is 26.7 Å². The van der Waals surface area contributed by atoms with E-state index in [2.05, 4.69) is 49.1 Å². The molecule has 1 fully saturated rings. The van der Waals surface area contributed by atoms with Gasteiger partial charge in [-0.3, -0.25) is 0 Å². The predicted octanol–water partition coefficient (Wildman–Crippen LogP) is 3.72. The molecule has 0 aliphatic carbocycles. The van der Waals surface area contributed by atoms with Crippen LogP contribution in [0.4, 0.5) is 5.69 Å². The third-order valence-corrected chi connectivity index (χ3v) is 4.56. The van der Waals surface area contributed by atoms with E-state index in [4.69, 9.17) is 0 Å². The molecule has 0 bridgehead atoms. The van der Waals surface area contributed by atoms with Crippen molar-refractivity contribution >= 4 is 17.4 Å².